The van der Waals surface area contributed by atoms with E-state index in [1.54, 1.807) is 11.8 Å². The van der Waals surface area contributed by atoms with E-state index in [0.29, 0.717) is 22.8 Å². The summed E-state index contributed by atoms with van der Waals surface area (Å²) >= 11 is 7.97. The number of fused-ring (bicyclic) bond motifs is 3. The minimum absolute atomic E-state index is 0. The summed E-state index contributed by atoms with van der Waals surface area (Å²) in [4.78, 5) is 17.4. The second-order valence-electron chi connectivity index (χ2n) is 8.95. The Morgan fingerprint density at radius 1 is 1.00 bits per heavy atom. The summed E-state index contributed by atoms with van der Waals surface area (Å²) in [6.07, 6.45) is 0.553. The van der Waals surface area contributed by atoms with Crippen LogP contribution in [0, 0.1) is 6.07 Å². The average molecular weight is 510 g/mol. The summed E-state index contributed by atoms with van der Waals surface area (Å²) in [6, 6.07) is 36.8. The van der Waals surface area contributed by atoms with Gasteiger partial charge in [-0.3, -0.25) is 9.69 Å². The van der Waals surface area contributed by atoms with Gasteiger partial charge in [0.1, 0.15) is 5.76 Å². The van der Waals surface area contributed by atoms with E-state index in [-0.39, 0.29) is 12.6 Å². The molecule has 0 spiro atoms. The Labute approximate surface area is 221 Å². The molecular weight excluding hydrogens is 486 g/mol. The highest BCUT2D eigenvalue weighted by molar-refractivity contribution is 7.99. The number of benzene rings is 4. The molecule has 5 heteroatoms. The van der Waals surface area contributed by atoms with Gasteiger partial charge in [0.25, 0.3) is 5.91 Å². The number of halogens is 1. The fourth-order valence-corrected chi connectivity index (χ4v) is 6.61. The number of carbonyl (C=O) groups is 1. The molecule has 0 aliphatic carbocycles. The fraction of sp³-hybridized carbons (Fsp3) is 0.129. The summed E-state index contributed by atoms with van der Waals surface area (Å²) < 4.78 is 6.94. The van der Waals surface area contributed by atoms with Crippen molar-refractivity contribution in [2.75, 3.05) is 4.90 Å². The average Bonchev–Trinajstić information content (AvgIpc) is 3.05. The van der Waals surface area contributed by atoms with Gasteiger partial charge in [-0.15, -0.1) is 11.8 Å². The summed E-state index contributed by atoms with van der Waals surface area (Å²) in [5, 5.41) is 0.717. The third kappa shape index (κ3) is 3.82. The molecule has 178 valence electrons. The predicted octanol–water partition coefficient (Wildman–Crippen LogP) is 8.14. The van der Waals surface area contributed by atoms with Crippen LogP contribution in [-0.2, 0) is 15.3 Å². The highest BCUT2D eigenvalue weighted by atomic mass is 35.5. The lowest BCUT2D eigenvalue weighted by Gasteiger charge is -2.50. The maximum atomic E-state index is 14.5. The van der Waals surface area contributed by atoms with Crippen molar-refractivity contribution in [2.24, 2.45) is 0 Å². The Morgan fingerprint density at radius 3 is 2.50 bits per heavy atom. The van der Waals surface area contributed by atoms with Crippen LogP contribution in [-0.4, -0.2) is 5.91 Å². The van der Waals surface area contributed by atoms with Gasteiger partial charge in [0, 0.05) is 21.6 Å². The van der Waals surface area contributed by atoms with E-state index < -0.39 is 5.72 Å². The van der Waals surface area contributed by atoms with Crippen LogP contribution in [0.4, 0.5) is 5.69 Å². The van der Waals surface area contributed by atoms with Gasteiger partial charge in [-0.05, 0) is 42.3 Å². The summed E-state index contributed by atoms with van der Waals surface area (Å²) in [6.45, 7) is 1.90. The minimum Gasteiger partial charge on any atom is -0.477 e. The van der Waals surface area contributed by atoms with Gasteiger partial charge < -0.3 is 4.74 Å². The van der Waals surface area contributed by atoms with Crippen molar-refractivity contribution in [1.29, 1.82) is 0 Å². The molecule has 0 fully saturated rings. The van der Waals surface area contributed by atoms with Crippen LogP contribution in [0.25, 0.3) is 5.57 Å². The number of rotatable bonds is 3. The molecule has 36 heavy (non-hydrogen) atoms. The maximum absolute atomic E-state index is 14.5. The Bertz CT molecular complexity index is 1460. The molecule has 0 saturated carbocycles. The van der Waals surface area contributed by atoms with Gasteiger partial charge in [-0.2, -0.15) is 30.3 Å². The molecule has 4 aromatic rings. The first kappa shape index (κ1) is 23.0. The van der Waals surface area contributed by atoms with Gasteiger partial charge in [0.15, 0.2) is 5.72 Å². The number of anilines is 1. The van der Waals surface area contributed by atoms with Crippen molar-refractivity contribution in [2.45, 2.75) is 29.2 Å². The Hall–Kier alpha value is -3.47. The third-order valence-corrected chi connectivity index (χ3v) is 8.33. The molecule has 0 saturated heterocycles. The monoisotopic (exact) mass is 509 g/mol. The van der Waals surface area contributed by atoms with Gasteiger partial charge in [0.2, 0.25) is 0 Å². The van der Waals surface area contributed by atoms with E-state index in [9.17, 15) is 4.79 Å². The number of ether oxygens (including phenoxy) is 1. The highest BCUT2D eigenvalue weighted by Gasteiger charge is 2.50. The normalized spacial score (nSPS) is 21.3. The summed E-state index contributed by atoms with van der Waals surface area (Å²) in [7, 11) is 0. The molecule has 2 heterocycles. The second-order valence-corrected chi connectivity index (χ2v) is 10.6. The third-order valence-electron chi connectivity index (χ3n) is 6.75. The van der Waals surface area contributed by atoms with E-state index in [1.165, 1.54) is 0 Å². The predicted molar refractivity (Wildman–Crippen MR) is 147 cm³/mol. The Kier molecular flexibility index (Phi) is 5.87. The zero-order valence-electron chi connectivity index (χ0n) is 20.6. The van der Waals surface area contributed by atoms with Gasteiger partial charge >= 0.3 is 1.43 Å². The lowest BCUT2D eigenvalue weighted by Crippen LogP contribution is -2.55. The summed E-state index contributed by atoms with van der Waals surface area (Å²) in [5.41, 5.74) is 3.25. The number of hydrogen-bond donors (Lipinski definition) is 0. The first-order valence-corrected chi connectivity index (χ1v) is 13.1. The molecule has 4 aromatic carbocycles. The number of nitrogens with zero attached hydrogens (tertiary/aromatic N) is 1. The standard InChI is InChI=1S/C31H23ClNO2S/c1-21-29(23-10-4-2-5-11-23)30(34)33-26-14-8-9-15-27(26)36-28(22-16-18-25(32)19-17-22)20-31(33,35-21)24-12-6-3-7-13-24/h2-6,8-19,28H,20H2,1H3/q-1/p+1/t28-,31-/m0/s1. The van der Waals surface area contributed by atoms with Crippen LogP contribution in [0.1, 0.15) is 36.7 Å². The van der Waals surface area contributed by atoms with Gasteiger partial charge in [0.05, 0.1) is 11.3 Å². The lowest BCUT2D eigenvalue weighted by atomic mass is 9.89. The van der Waals surface area contributed by atoms with Crippen molar-refractivity contribution < 1.29 is 11.0 Å². The topological polar surface area (TPSA) is 29.5 Å². The van der Waals surface area contributed by atoms with Gasteiger partial charge in [-0.1, -0.05) is 71.8 Å². The van der Waals surface area contributed by atoms with Crippen LogP contribution in [0.2, 0.25) is 5.02 Å². The molecular formula is C31H24ClNO2S. The number of amides is 1. The molecule has 0 aromatic heterocycles. The molecule has 0 unspecified atom stereocenters. The number of para-hydroxylation sites is 1. The number of carbonyl (C=O) groups excluding carboxylic acids is 1. The Morgan fingerprint density at radius 2 is 1.75 bits per heavy atom. The molecule has 2 aliphatic rings. The van der Waals surface area contributed by atoms with E-state index in [4.69, 9.17) is 16.3 Å². The van der Waals surface area contributed by atoms with Crippen molar-refractivity contribution in [3.63, 3.8) is 0 Å². The molecule has 2 aliphatic heterocycles. The minimum atomic E-state index is -1.04. The van der Waals surface area contributed by atoms with Crippen LogP contribution < -0.4 is 4.90 Å². The van der Waals surface area contributed by atoms with Crippen LogP contribution in [0.5, 0.6) is 0 Å². The largest absolute Gasteiger partial charge is 1.00 e. The first-order chi connectivity index (χ1) is 17.6. The lowest BCUT2D eigenvalue weighted by molar-refractivity contribution is -0.123. The molecule has 0 bridgehead atoms. The highest BCUT2D eigenvalue weighted by Crippen LogP contribution is 2.56. The molecule has 3 nitrogen and oxygen atoms in total. The van der Waals surface area contributed by atoms with Crippen molar-refractivity contribution in [3.8, 4) is 0 Å². The SMILES string of the molecule is CC1=C(c2ccccc2)C(=O)N2c3ccccc3S[C@H](c3ccc(Cl)cc3)C[C@@]2(c2c[c-]ccc2)O1.[H+]. The molecule has 0 radical (unpaired) electrons. The first-order valence-electron chi connectivity index (χ1n) is 11.8. The maximum Gasteiger partial charge on any atom is 1.00 e. The zero-order valence-corrected chi connectivity index (χ0v) is 21.2. The van der Waals surface area contributed by atoms with E-state index in [2.05, 4.69) is 24.3 Å². The van der Waals surface area contributed by atoms with Crippen molar-refractivity contribution >= 4 is 40.5 Å². The smallest absolute Gasteiger partial charge is 0.477 e. The molecule has 1 amide bonds. The molecule has 2 atom stereocenters. The zero-order chi connectivity index (χ0) is 24.7. The number of thioether (sulfide) groups is 1. The van der Waals surface area contributed by atoms with E-state index in [0.717, 1.165) is 27.3 Å². The molecule has 0 N–H and O–H groups in total. The fourth-order valence-electron chi connectivity index (χ4n) is 5.14. The van der Waals surface area contributed by atoms with Crippen LogP contribution in [0.3, 0.4) is 0 Å². The van der Waals surface area contributed by atoms with Gasteiger partial charge in [-0.25, -0.2) is 0 Å². The summed E-state index contributed by atoms with van der Waals surface area (Å²) in [5.74, 6) is 0.546. The number of allylic oxidation sites excluding steroid dienone is 1. The number of hydrogen-bond acceptors (Lipinski definition) is 3. The molecule has 6 rings (SSSR count). The van der Waals surface area contributed by atoms with Crippen molar-refractivity contribution in [1.82, 2.24) is 0 Å². The van der Waals surface area contributed by atoms with E-state index in [1.807, 2.05) is 96.8 Å². The van der Waals surface area contributed by atoms with Crippen molar-refractivity contribution in [3.05, 3.63) is 137 Å². The Balaban J connectivity index is 0.00000280. The van der Waals surface area contributed by atoms with Crippen LogP contribution >= 0.6 is 23.4 Å². The second kappa shape index (κ2) is 9.20. The quantitative estimate of drug-likeness (QED) is 0.261. The van der Waals surface area contributed by atoms with Crippen LogP contribution in [0.15, 0.2) is 114 Å². The van der Waals surface area contributed by atoms with E-state index >= 15 is 0 Å².